The lowest BCUT2D eigenvalue weighted by molar-refractivity contribution is -0.137. The van der Waals surface area contributed by atoms with E-state index in [1.54, 1.807) is 0 Å². The van der Waals surface area contributed by atoms with Crippen molar-refractivity contribution < 1.29 is 13.2 Å². The molecule has 1 aliphatic rings. The number of hydrogen-bond donors (Lipinski definition) is 0. The first kappa shape index (κ1) is 14.4. The van der Waals surface area contributed by atoms with Crippen LogP contribution >= 0.6 is 0 Å². The lowest BCUT2D eigenvalue weighted by atomic mass is 9.97. The van der Waals surface area contributed by atoms with Crippen LogP contribution in [0.15, 0.2) is 18.3 Å². The van der Waals surface area contributed by atoms with Crippen LogP contribution in [0.5, 0.6) is 0 Å². The van der Waals surface area contributed by atoms with E-state index in [0.29, 0.717) is 11.6 Å². The SMILES string of the molecule is CCCCC1CCC(c2cc(C(F)(F)F)ccn2)C1. The van der Waals surface area contributed by atoms with Gasteiger partial charge in [0.2, 0.25) is 0 Å². The Hall–Kier alpha value is -1.06. The molecule has 0 radical (unpaired) electrons. The van der Waals surface area contributed by atoms with Crippen molar-refractivity contribution in [3.63, 3.8) is 0 Å². The number of alkyl halides is 3. The number of pyridine rings is 1. The molecular weight excluding hydrogens is 251 g/mol. The normalized spacial score (nSPS) is 23.8. The maximum Gasteiger partial charge on any atom is 0.416 e. The van der Waals surface area contributed by atoms with Crippen LogP contribution in [-0.2, 0) is 6.18 Å². The molecule has 106 valence electrons. The molecule has 2 rings (SSSR count). The molecule has 0 bridgehead atoms. The minimum Gasteiger partial charge on any atom is -0.261 e. The van der Waals surface area contributed by atoms with Gasteiger partial charge in [0.25, 0.3) is 0 Å². The van der Waals surface area contributed by atoms with Crippen molar-refractivity contribution in [3.05, 3.63) is 29.6 Å². The Morgan fingerprint density at radius 2 is 2.11 bits per heavy atom. The Morgan fingerprint density at radius 3 is 2.79 bits per heavy atom. The summed E-state index contributed by atoms with van der Waals surface area (Å²) < 4.78 is 38.0. The zero-order valence-electron chi connectivity index (χ0n) is 11.2. The third kappa shape index (κ3) is 3.71. The van der Waals surface area contributed by atoms with Gasteiger partial charge in [0.15, 0.2) is 0 Å². The minimum absolute atomic E-state index is 0.212. The summed E-state index contributed by atoms with van der Waals surface area (Å²) in [4.78, 5) is 4.15. The summed E-state index contributed by atoms with van der Waals surface area (Å²) in [6, 6.07) is 2.28. The standard InChI is InChI=1S/C15H20F3N/c1-2-3-4-11-5-6-12(9-11)14-10-13(7-8-19-14)15(16,17)18/h7-8,10-12H,2-6,9H2,1H3. The fourth-order valence-corrected chi connectivity index (χ4v) is 2.95. The van der Waals surface area contributed by atoms with Gasteiger partial charge < -0.3 is 0 Å². The van der Waals surface area contributed by atoms with Gasteiger partial charge in [0.1, 0.15) is 0 Å². The molecule has 1 fully saturated rings. The first-order valence-corrected chi connectivity index (χ1v) is 7.04. The van der Waals surface area contributed by atoms with Gasteiger partial charge in [0.05, 0.1) is 5.56 Å². The Labute approximate surface area is 112 Å². The molecule has 0 aromatic carbocycles. The Bertz CT molecular complexity index is 414. The first-order valence-electron chi connectivity index (χ1n) is 7.04. The molecule has 0 amide bonds. The highest BCUT2D eigenvalue weighted by molar-refractivity contribution is 5.22. The van der Waals surface area contributed by atoms with E-state index < -0.39 is 11.7 Å². The number of nitrogens with zero attached hydrogens (tertiary/aromatic N) is 1. The van der Waals surface area contributed by atoms with E-state index >= 15 is 0 Å². The number of halogens is 3. The Balaban J connectivity index is 2.03. The van der Waals surface area contributed by atoms with E-state index in [-0.39, 0.29) is 5.92 Å². The molecule has 0 spiro atoms. The quantitative estimate of drug-likeness (QED) is 0.735. The van der Waals surface area contributed by atoms with Crippen molar-refractivity contribution in [1.29, 1.82) is 0 Å². The maximum atomic E-state index is 12.7. The van der Waals surface area contributed by atoms with Gasteiger partial charge in [-0.2, -0.15) is 13.2 Å². The molecule has 4 heteroatoms. The predicted octanol–water partition coefficient (Wildman–Crippen LogP) is 5.17. The molecule has 1 aromatic rings. The monoisotopic (exact) mass is 271 g/mol. The van der Waals surface area contributed by atoms with Gasteiger partial charge in [-0.05, 0) is 37.3 Å². The average Bonchev–Trinajstić information content (AvgIpc) is 2.84. The molecule has 19 heavy (non-hydrogen) atoms. The van der Waals surface area contributed by atoms with Gasteiger partial charge in [-0.3, -0.25) is 4.98 Å². The molecule has 0 N–H and O–H groups in total. The van der Waals surface area contributed by atoms with Crippen molar-refractivity contribution in [2.75, 3.05) is 0 Å². The number of aromatic nitrogens is 1. The molecule has 1 nitrogen and oxygen atoms in total. The summed E-state index contributed by atoms with van der Waals surface area (Å²) in [5.74, 6) is 0.880. The molecule has 1 saturated carbocycles. The van der Waals surface area contributed by atoms with E-state index in [2.05, 4.69) is 11.9 Å². The molecule has 2 unspecified atom stereocenters. The Kier molecular flexibility index (Phi) is 4.48. The third-order valence-corrected chi connectivity index (χ3v) is 4.03. The van der Waals surface area contributed by atoms with Crippen LogP contribution in [0.2, 0.25) is 0 Å². The number of unbranched alkanes of at least 4 members (excludes halogenated alkanes) is 1. The lowest BCUT2D eigenvalue weighted by Gasteiger charge is -2.13. The topological polar surface area (TPSA) is 12.9 Å². The highest BCUT2D eigenvalue weighted by Crippen LogP contribution is 2.40. The smallest absolute Gasteiger partial charge is 0.261 e. The minimum atomic E-state index is -4.27. The van der Waals surface area contributed by atoms with Crippen molar-refractivity contribution in [2.45, 2.75) is 57.5 Å². The second-order valence-electron chi connectivity index (χ2n) is 5.49. The van der Waals surface area contributed by atoms with Gasteiger partial charge in [0, 0.05) is 17.8 Å². The maximum absolute atomic E-state index is 12.7. The van der Waals surface area contributed by atoms with Crippen LogP contribution in [0.25, 0.3) is 0 Å². The van der Waals surface area contributed by atoms with E-state index in [4.69, 9.17) is 0 Å². The zero-order valence-corrected chi connectivity index (χ0v) is 11.2. The van der Waals surface area contributed by atoms with Crippen molar-refractivity contribution in [2.24, 2.45) is 5.92 Å². The first-order chi connectivity index (χ1) is 9.00. The van der Waals surface area contributed by atoms with Crippen LogP contribution < -0.4 is 0 Å². The molecule has 1 aliphatic carbocycles. The molecule has 0 aliphatic heterocycles. The van der Waals surface area contributed by atoms with Crippen molar-refractivity contribution >= 4 is 0 Å². The summed E-state index contributed by atoms with van der Waals surface area (Å²) in [6.07, 6.45) is 3.72. The fraction of sp³-hybridized carbons (Fsp3) is 0.667. The average molecular weight is 271 g/mol. The summed E-state index contributed by atoms with van der Waals surface area (Å²) in [7, 11) is 0. The van der Waals surface area contributed by atoms with Gasteiger partial charge >= 0.3 is 6.18 Å². The van der Waals surface area contributed by atoms with Crippen LogP contribution in [0.3, 0.4) is 0 Å². The molecule has 1 aromatic heterocycles. The highest BCUT2D eigenvalue weighted by atomic mass is 19.4. The van der Waals surface area contributed by atoms with Gasteiger partial charge in [-0.25, -0.2) is 0 Å². The van der Waals surface area contributed by atoms with E-state index in [9.17, 15) is 13.2 Å². The lowest BCUT2D eigenvalue weighted by Crippen LogP contribution is -2.07. The molecular formula is C15H20F3N. The van der Waals surface area contributed by atoms with E-state index in [1.165, 1.54) is 31.5 Å². The second-order valence-corrected chi connectivity index (χ2v) is 5.49. The van der Waals surface area contributed by atoms with Gasteiger partial charge in [-0.1, -0.05) is 26.2 Å². The van der Waals surface area contributed by atoms with Crippen LogP contribution in [0, 0.1) is 5.92 Å². The van der Waals surface area contributed by atoms with Crippen molar-refractivity contribution in [3.8, 4) is 0 Å². The van der Waals surface area contributed by atoms with E-state index in [1.807, 2.05) is 0 Å². The fourth-order valence-electron chi connectivity index (χ4n) is 2.95. The van der Waals surface area contributed by atoms with Crippen LogP contribution in [-0.4, -0.2) is 4.98 Å². The van der Waals surface area contributed by atoms with Crippen LogP contribution in [0.1, 0.15) is 62.6 Å². The van der Waals surface area contributed by atoms with Crippen molar-refractivity contribution in [1.82, 2.24) is 4.98 Å². The summed E-state index contributed by atoms with van der Waals surface area (Å²) in [6.45, 7) is 2.17. The third-order valence-electron chi connectivity index (χ3n) is 4.03. The number of hydrogen-bond acceptors (Lipinski definition) is 1. The predicted molar refractivity (Wildman–Crippen MR) is 68.8 cm³/mol. The summed E-state index contributed by atoms with van der Waals surface area (Å²) >= 11 is 0. The molecule has 0 saturated heterocycles. The Morgan fingerprint density at radius 1 is 1.32 bits per heavy atom. The van der Waals surface area contributed by atoms with Gasteiger partial charge in [-0.15, -0.1) is 0 Å². The highest BCUT2D eigenvalue weighted by Gasteiger charge is 2.32. The largest absolute Gasteiger partial charge is 0.416 e. The van der Waals surface area contributed by atoms with E-state index in [0.717, 1.165) is 25.3 Å². The molecule has 2 atom stereocenters. The summed E-state index contributed by atoms with van der Waals surface area (Å²) in [5.41, 5.74) is 0.0448. The number of rotatable bonds is 4. The van der Waals surface area contributed by atoms with Crippen LogP contribution in [0.4, 0.5) is 13.2 Å². The zero-order chi connectivity index (χ0) is 13.9. The summed E-state index contributed by atoms with van der Waals surface area (Å²) in [5, 5.41) is 0. The molecule has 1 heterocycles. The second kappa shape index (κ2) is 5.93.